The fraction of sp³-hybridized carbons (Fsp3) is 0.304. The quantitative estimate of drug-likeness (QED) is 0.646. The smallest absolute Gasteiger partial charge is 0.243 e. The van der Waals surface area contributed by atoms with Crippen LogP contribution < -0.4 is 4.90 Å². The molecule has 154 valence electrons. The van der Waals surface area contributed by atoms with Crippen LogP contribution in [0.25, 0.3) is 11.4 Å². The summed E-state index contributed by atoms with van der Waals surface area (Å²) < 4.78 is 27.9. The van der Waals surface area contributed by atoms with Gasteiger partial charge in [0, 0.05) is 43.7 Å². The third-order valence-electron chi connectivity index (χ3n) is 5.82. The van der Waals surface area contributed by atoms with Gasteiger partial charge in [-0.15, -0.1) is 0 Å². The fourth-order valence-corrected chi connectivity index (χ4v) is 5.66. The third-order valence-corrected chi connectivity index (χ3v) is 7.68. The minimum Gasteiger partial charge on any atom is -0.356 e. The number of hydrogen-bond donors (Lipinski definition) is 0. The molecule has 0 radical (unpaired) electrons. The molecular formula is C23H24N4O2S. The highest BCUT2D eigenvalue weighted by atomic mass is 32.2. The zero-order valence-corrected chi connectivity index (χ0v) is 17.6. The van der Waals surface area contributed by atoms with Gasteiger partial charge in [0.15, 0.2) is 5.82 Å². The van der Waals surface area contributed by atoms with Crippen LogP contribution in [0.2, 0.25) is 0 Å². The van der Waals surface area contributed by atoms with Gasteiger partial charge >= 0.3 is 0 Å². The summed E-state index contributed by atoms with van der Waals surface area (Å²) in [7, 11) is -3.55. The van der Waals surface area contributed by atoms with Crippen molar-refractivity contribution in [1.29, 1.82) is 0 Å². The molecule has 7 heteroatoms. The van der Waals surface area contributed by atoms with E-state index in [1.54, 1.807) is 28.6 Å². The molecule has 30 heavy (non-hydrogen) atoms. The number of benzene rings is 2. The van der Waals surface area contributed by atoms with Gasteiger partial charge in [0.1, 0.15) is 5.82 Å². The average Bonchev–Trinajstić information content (AvgIpc) is 3.34. The Morgan fingerprint density at radius 2 is 1.47 bits per heavy atom. The maximum Gasteiger partial charge on any atom is 0.243 e. The minimum absolute atomic E-state index is 0.313. The molecule has 0 unspecified atom stereocenters. The second-order valence-corrected chi connectivity index (χ2v) is 9.70. The van der Waals surface area contributed by atoms with Crippen molar-refractivity contribution in [2.24, 2.45) is 0 Å². The van der Waals surface area contributed by atoms with Crippen LogP contribution in [0, 0.1) is 0 Å². The Kier molecular flexibility index (Phi) is 5.00. The van der Waals surface area contributed by atoms with E-state index in [0.29, 0.717) is 24.4 Å². The van der Waals surface area contributed by atoms with Gasteiger partial charge in [0.05, 0.1) is 10.6 Å². The van der Waals surface area contributed by atoms with Crippen molar-refractivity contribution in [2.75, 3.05) is 24.5 Å². The van der Waals surface area contributed by atoms with Crippen LogP contribution in [0.4, 0.5) is 5.82 Å². The van der Waals surface area contributed by atoms with Gasteiger partial charge in [0.25, 0.3) is 0 Å². The monoisotopic (exact) mass is 420 g/mol. The van der Waals surface area contributed by atoms with Crippen LogP contribution in [0.15, 0.2) is 65.6 Å². The molecule has 0 bridgehead atoms. The fourth-order valence-electron chi connectivity index (χ4n) is 4.23. The number of anilines is 1. The number of sulfonamides is 1. The van der Waals surface area contributed by atoms with Crippen LogP contribution >= 0.6 is 0 Å². The lowest BCUT2D eigenvalue weighted by atomic mass is 10.1. The Hall–Kier alpha value is -2.77. The molecule has 2 aromatic carbocycles. The van der Waals surface area contributed by atoms with E-state index in [1.165, 1.54) is 0 Å². The standard InChI is InChI=1S/C23H24N4O2S/c28-30(29,19-11-5-2-6-12-19)27-16-13-21-20(17-27)23(26-14-7-8-15-26)25-22(24-21)18-9-3-1-4-10-18/h1-6,9-12H,7-8,13-17H2. The molecule has 0 saturated carbocycles. The molecule has 0 spiro atoms. The Morgan fingerprint density at radius 3 is 2.17 bits per heavy atom. The maximum absolute atomic E-state index is 13.2. The first-order valence-electron chi connectivity index (χ1n) is 10.4. The average molecular weight is 421 g/mol. The number of rotatable bonds is 4. The second kappa shape index (κ2) is 7.81. The van der Waals surface area contributed by atoms with Gasteiger partial charge in [-0.1, -0.05) is 48.5 Å². The molecular weight excluding hydrogens is 396 g/mol. The second-order valence-electron chi connectivity index (χ2n) is 7.76. The van der Waals surface area contributed by atoms with Gasteiger partial charge in [0.2, 0.25) is 10.0 Å². The first-order chi connectivity index (χ1) is 14.6. The van der Waals surface area contributed by atoms with Crippen molar-refractivity contribution >= 4 is 15.8 Å². The lowest BCUT2D eigenvalue weighted by Gasteiger charge is -2.31. The largest absolute Gasteiger partial charge is 0.356 e. The molecule has 0 aliphatic carbocycles. The molecule has 1 saturated heterocycles. The number of nitrogens with zero attached hydrogens (tertiary/aromatic N) is 4. The van der Waals surface area contributed by atoms with Gasteiger partial charge in [-0.2, -0.15) is 4.31 Å². The Morgan fingerprint density at radius 1 is 0.800 bits per heavy atom. The van der Waals surface area contributed by atoms with Crippen LogP contribution in [-0.2, 0) is 23.0 Å². The van der Waals surface area contributed by atoms with E-state index >= 15 is 0 Å². The molecule has 1 aromatic heterocycles. The van der Waals surface area contributed by atoms with Crippen molar-refractivity contribution in [3.05, 3.63) is 71.9 Å². The van der Waals surface area contributed by atoms with Crippen LogP contribution in [0.3, 0.4) is 0 Å². The van der Waals surface area contributed by atoms with Crippen LogP contribution in [0.1, 0.15) is 24.1 Å². The van der Waals surface area contributed by atoms with Gasteiger partial charge in [-0.25, -0.2) is 18.4 Å². The summed E-state index contributed by atoms with van der Waals surface area (Å²) in [5, 5.41) is 0. The highest BCUT2D eigenvalue weighted by Crippen LogP contribution is 2.33. The molecule has 0 atom stereocenters. The summed E-state index contributed by atoms with van der Waals surface area (Å²) >= 11 is 0. The van der Waals surface area contributed by atoms with Crippen molar-refractivity contribution in [2.45, 2.75) is 30.7 Å². The molecule has 6 nitrogen and oxygen atoms in total. The summed E-state index contributed by atoms with van der Waals surface area (Å²) in [6, 6.07) is 18.6. The molecule has 3 aromatic rings. The molecule has 0 N–H and O–H groups in total. The van der Waals surface area contributed by atoms with E-state index in [1.807, 2.05) is 36.4 Å². The van der Waals surface area contributed by atoms with Gasteiger partial charge in [-0.3, -0.25) is 0 Å². The highest BCUT2D eigenvalue weighted by molar-refractivity contribution is 7.89. The Balaban J connectivity index is 1.56. The van der Waals surface area contributed by atoms with Crippen LogP contribution in [0.5, 0.6) is 0 Å². The molecule has 3 heterocycles. The molecule has 2 aliphatic heterocycles. The molecule has 0 amide bonds. The number of fused-ring (bicyclic) bond motifs is 1. The lowest BCUT2D eigenvalue weighted by Crippen LogP contribution is -2.38. The van der Waals surface area contributed by atoms with E-state index in [0.717, 1.165) is 54.4 Å². The van der Waals surface area contributed by atoms with E-state index in [2.05, 4.69) is 4.90 Å². The van der Waals surface area contributed by atoms with Crippen molar-refractivity contribution in [3.63, 3.8) is 0 Å². The molecule has 2 aliphatic rings. The van der Waals surface area contributed by atoms with Gasteiger partial charge in [-0.05, 0) is 25.0 Å². The van der Waals surface area contributed by atoms with E-state index in [4.69, 9.17) is 9.97 Å². The van der Waals surface area contributed by atoms with Gasteiger partial charge < -0.3 is 4.90 Å². The van der Waals surface area contributed by atoms with Crippen molar-refractivity contribution in [1.82, 2.24) is 14.3 Å². The zero-order chi connectivity index (χ0) is 20.6. The summed E-state index contributed by atoms with van der Waals surface area (Å²) in [5.41, 5.74) is 2.90. The number of hydrogen-bond acceptors (Lipinski definition) is 5. The van der Waals surface area contributed by atoms with Crippen LogP contribution in [-0.4, -0.2) is 42.3 Å². The summed E-state index contributed by atoms with van der Waals surface area (Å²) in [4.78, 5) is 12.4. The molecule has 1 fully saturated rings. The van der Waals surface area contributed by atoms with Crippen molar-refractivity contribution < 1.29 is 8.42 Å². The minimum atomic E-state index is -3.55. The highest BCUT2D eigenvalue weighted by Gasteiger charge is 2.32. The summed E-state index contributed by atoms with van der Waals surface area (Å²) in [5.74, 6) is 1.61. The third kappa shape index (κ3) is 3.48. The summed E-state index contributed by atoms with van der Waals surface area (Å²) in [6.45, 7) is 2.63. The Bertz CT molecular complexity index is 1140. The maximum atomic E-state index is 13.2. The van der Waals surface area contributed by atoms with E-state index in [9.17, 15) is 8.42 Å². The zero-order valence-electron chi connectivity index (χ0n) is 16.7. The van der Waals surface area contributed by atoms with Crippen molar-refractivity contribution in [3.8, 4) is 11.4 Å². The predicted octanol–water partition coefficient (Wildman–Crippen LogP) is 3.49. The topological polar surface area (TPSA) is 66.4 Å². The Labute approximate surface area is 177 Å². The first-order valence-corrected chi connectivity index (χ1v) is 11.8. The SMILES string of the molecule is O=S(=O)(c1ccccc1)N1CCc2nc(-c3ccccc3)nc(N3CCCC3)c2C1. The normalized spacial score (nSPS) is 17.1. The molecule has 5 rings (SSSR count). The van der Waals surface area contributed by atoms with E-state index in [-0.39, 0.29) is 0 Å². The van der Waals surface area contributed by atoms with E-state index < -0.39 is 10.0 Å². The first kappa shape index (κ1) is 19.2. The summed E-state index contributed by atoms with van der Waals surface area (Å²) in [6.07, 6.45) is 2.85. The number of aromatic nitrogens is 2. The lowest BCUT2D eigenvalue weighted by molar-refractivity contribution is 0.387. The predicted molar refractivity (Wildman–Crippen MR) is 117 cm³/mol.